The predicted molar refractivity (Wildman–Crippen MR) is 87.6 cm³/mol. The van der Waals surface area contributed by atoms with E-state index in [1.54, 1.807) is 0 Å². The van der Waals surface area contributed by atoms with Gasteiger partial charge in [-0.05, 0) is 49.9 Å². The van der Waals surface area contributed by atoms with Crippen LogP contribution in [0.4, 0.5) is 0 Å². The highest BCUT2D eigenvalue weighted by molar-refractivity contribution is 5.29. The molecule has 0 saturated heterocycles. The lowest BCUT2D eigenvalue weighted by molar-refractivity contribution is 0.146. The number of nitrogens with one attached hydrogen (secondary N) is 1. The van der Waals surface area contributed by atoms with Gasteiger partial charge in [-0.3, -0.25) is 0 Å². The standard InChI is InChI=1S/C18H31NO/c1-6-9-17(19-5)18(8-3)20-16-12-10-15(11-13-16)14(4)7-2/h10-14,17-19H,6-9H2,1-5H3. The number of rotatable bonds is 9. The summed E-state index contributed by atoms with van der Waals surface area (Å²) in [6.07, 6.45) is 4.78. The summed E-state index contributed by atoms with van der Waals surface area (Å²) in [6.45, 7) is 8.91. The fraction of sp³-hybridized carbons (Fsp3) is 0.667. The topological polar surface area (TPSA) is 21.3 Å². The van der Waals surface area contributed by atoms with Gasteiger partial charge >= 0.3 is 0 Å². The molecule has 0 aliphatic rings. The predicted octanol–water partition coefficient (Wildman–Crippen LogP) is 4.75. The van der Waals surface area contributed by atoms with Gasteiger partial charge in [0.05, 0.1) is 0 Å². The van der Waals surface area contributed by atoms with Crippen LogP contribution in [0.5, 0.6) is 5.75 Å². The quantitative estimate of drug-likeness (QED) is 0.703. The molecule has 0 bridgehead atoms. The van der Waals surface area contributed by atoms with Crippen LogP contribution in [0.2, 0.25) is 0 Å². The van der Waals surface area contributed by atoms with Crippen molar-refractivity contribution in [3.63, 3.8) is 0 Å². The molecule has 1 N–H and O–H groups in total. The number of benzene rings is 1. The number of hydrogen-bond donors (Lipinski definition) is 1. The Bertz CT molecular complexity index is 360. The summed E-state index contributed by atoms with van der Waals surface area (Å²) in [5.74, 6) is 1.61. The lowest BCUT2D eigenvalue weighted by Crippen LogP contribution is -2.40. The Balaban J connectivity index is 2.69. The molecule has 2 heteroatoms. The van der Waals surface area contributed by atoms with Crippen LogP contribution < -0.4 is 10.1 Å². The molecule has 1 rings (SSSR count). The molecule has 1 aromatic rings. The zero-order valence-electron chi connectivity index (χ0n) is 13.8. The normalized spacial score (nSPS) is 15.7. The first kappa shape index (κ1) is 17.0. The maximum Gasteiger partial charge on any atom is 0.119 e. The van der Waals surface area contributed by atoms with E-state index >= 15 is 0 Å². The number of ether oxygens (including phenoxy) is 1. The summed E-state index contributed by atoms with van der Waals surface area (Å²) in [6, 6.07) is 9.06. The van der Waals surface area contributed by atoms with Gasteiger partial charge in [-0.15, -0.1) is 0 Å². The van der Waals surface area contributed by atoms with Crippen molar-refractivity contribution in [2.24, 2.45) is 0 Å². The first-order valence-electron chi connectivity index (χ1n) is 8.10. The van der Waals surface area contributed by atoms with Crippen molar-refractivity contribution in [2.75, 3.05) is 7.05 Å². The lowest BCUT2D eigenvalue weighted by atomic mass is 9.99. The second-order valence-corrected chi connectivity index (χ2v) is 5.63. The molecule has 0 saturated carbocycles. The Morgan fingerprint density at radius 3 is 2.15 bits per heavy atom. The van der Waals surface area contributed by atoms with E-state index in [1.165, 1.54) is 18.4 Å². The van der Waals surface area contributed by atoms with Crippen LogP contribution in [0.25, 0.3) is 0 Å². The Morgan fingerprint density at radius 2 is 1.70 bits per heavy atom. The molecule has 20 heavy (non-hydrogen) atoms. The second-order valence-electron chi connectivity index (χ2n) is 5.63. The maximum absolute atomic E-state index is 6.18. The van der Waals surface area contributed by atoms with Crippen LogP contribution in [-0.4, -0.2) is 19.2 Å². The van der Waals surface area contributed by atoms with Crippen molar-refractivity contribution in [1.82, 2.24) is 5.32 Å². The second kappa shape index (κ2) is 9.02. The van der Waals surface area contributed by atoms with Gasteiger partial charge in [-0.2, -0.15) is 0 Å². The van der Waals surface area contributed by atoms with Crippen molar-refractivity contribution in [2.45, 2.75) is 71.4 Å². The molecule has 0 aliphatic carbocycles. The van der Waals surface area contributed by atoms with E-state index in [4.69, 9.17) is 4.74 Å². The van der Waals surface area contributed by atoms with Gasteiger partial charge in [0.15, 0.2) is 0 Å². The summed E-state index contributed by atoms with van der Waals surface area (Å²) in [5.41, 5.74) is 1.40. The molecule has 0 aliphatic heterocycles. The van der Waals surface area contributed by atoms with Crippen LogP contribution >= 0.6 is 0 Å². The van der Waals surface area contributed by atoms with Crippen molar-refractivity contribution in [1.29, 1.82) is 0 Å². The van der Waals surface area contributed by atoms with E-state index in [9.17, 15) is 0 Å². The van der Waals surface area contributed by atoms with Crippen LogP contribution in [0, 0.1) is 0 Å². The molecule has 114 valence electrons. The first-order chi connectivity index (χ1) is 9.65. The van der Waals surface area contributed by atoms with Gasteiger partial charge in [0.25, 0.3) is 0 Å². The van der Waals surface area contributed by atoms with E-state index < -0.39 is 0 Å². The van der Waals surface area contributed by atoms with Crippen LogP contribution in [-0.2, 0) is 0 Å². The van der Waals surface area contributed by atoms with Gasteiger partial charge in [-0.1, -0.05) is 46.2 Å². The number of likely N-dealkylation sites (N-methyl/N-ethyl adjacent to an activating group) is 1. The Kier molecular flexibility index (Phi) is 7.68. The summed E-state index contributed by atoms with van der Waals surface area (Å²) in [7, 11) is 2.03. The molecular weight excluding hydrogens is 246 g/mol. The SMILES string of the molecule is CCCC(NC)C(CC)Oc1ccc(C(C)CC)cc1. The van der Waals surface area contributed by atoms with Gasteiger partial charge in [0, 0.05) is 6.04 Å². The van der Waals surface area contributed by atoms with Crippen LogP contribution in [0.3, 0.4) is 0 Å². The molecule has 0 amide bonds. The smallest absolute Gasteiger partial charge is 0.119 e. The minimum Gasteiger partial charge on any atom is -0.489 e. The molecule has 0 heterocycles. The third kappa shape index (κ3) is 4.82. The molecule has 3 unspecified atom stereocenters. The zero-order chi connectivity index (χ0) is 15.0. The highest BCUT2D eigenvalue weighted by atomic mass is 16.5. The summed E-state index contributed by atoms with van der Waals surface area (Å²) >= 11 is 0. The van der Waals surface area contributed by atoms with Crippen molar-refractivity contribution < 1.29 is 4.74 Å². The Hall–Kier alpha value is -1.02. The highest BCUT2D eigenvalue weighted by Crippen LogP contribution is 2.23. The van der Waals surface area contributed by atoms with Gasteiger partial charge < -0.3 is 10.1 Å². The van der Waals surface area contributed by atoms with Crippen molar-refractivity contribution >= 4 is 0 Å². The largest absolute Gasteiger partial charge is 0.489 e. The van der Waals surface area contributed by atoms with E-state index in [2.05, 4.69) is 57.3 Å². The third-order valence-electron chi connectivity index (χ3n) is 4.17. The van der Waals surface area contributed by atoms with Gasteiger partial charge in [-0.25, -0.2) is 0 Å². The third-order valence-corrected chi connectivity index (χ3v) is 4.17. The number of hydrogen-bond acceptors (Lipinski definition) is 2. The van der Waals surface area contributed by atoms with E-state index in [-0.39, 0.29) is 6.10 Å². The monoisotopic (exact) mass is 277 g/mol. The van der Waals surface area contributed by atoms with Gasteiger partial charge in [0.2, 0.25) is 0 Å². The molecule has 0 fully saturated rings. The molecule has 0 aromatic heterocycles. The Labute approximate surface area is 124 Å². The molecular formula is C18H31NO. The molecule has 3 atom stereocenters. The van der Waals surface area contributed by atoms with Gasteiger partial charge in [0.1, 0.15) is 11.9 Å². The molecule has 0 radical (unpaired) electrons. The summed E-state index contributed by atoms with van der Waals surface area (Å²) in [5, 5.41) is 3.39. The van der Waals surface area contributed by atoms with E-state index in [0.717, 1.165) is 18.6 Å². The Morgan fingerprint density at radius 1 is 1.05 bits per heavy atom. The van der Waals surface area contributed by atoms with Crippen molar-refractivity contribution in [3.05, 3.63) is 29.8 Å². The molecule has 0 spiro atoms. The highest BCUT2D eigenvalue weighted by Gasteiger charge is 2.19. The minimum absolute atomic E-state index is 0.245. The summed E-state index contributed by atoms with van der Waals surface area (Å²) < 4.78 is 6.18. The zero-order valence-corrected chi connectivity index (χ0v) is 13.8. The molecule has 1 aromatic carbocycles. The molecule has 2 nitrogen and oxygen atoms in total. The minimum atomic E-state index is 0.245. The van der Waals surface area contributed by atoms with Crippen molar-refractivity contribution in [3.8, 4) is 5.75 Å². The van der Waals surface area contributed by atoms with E-state index in [1.807, 2.05) is 7.05 Å². The van der Waals surface area contributed by atoms with Crippen LogP contribution in [0.1, 0.15) is 64.9 Å². The van der Waals surface area contributed by atoms with Crippen LogP contribution in [0.15, 0.2) is 24.3 Å². The van der Waals surface area contributed by atoms with E-state index in [0.29, 0.717) is 12.0 Å². The lowest BCUT2D eigenvalue weighted by Gasteiger charge is -2.26. The maximum atomic E-state index is 6.18. The fourth-order valence-corrected chi connectivity index (χ4v) is 2.56. The fourth-order valence-electron chi connectivity index (χ4n) is 2.56. The summed E-state index contributed by atoms with van der Waals surface area (Å²) in [4.78, 5) is 0. The first-order valence-corrected chi connectivity index (χ1v) is 8.10. The average Bonchev–Trinajstić information content (AvgIpc) is 2.50. The average molecular weight is 277 g/mol.